The Balaban J connectivity index is 1.25. The first-order valence-electron chi connectivity index (χ1n) is 10.9. The van der Waals surface area contributed by atoms with Crippen LogP contribution in [0.25, 0.3) is 0 Å². The third-order valence-electron chi connectivity index (χ3n) is 6.92. The fourth-order valence-corrected chi connectivity index (χ4v) is 5.76. The molecular formula is C23H30N4O3. The highest BCUT2D eigenvalue weighted by molar-refractivity contribution is 6.39. The molecule has 3 N–H and O–H groups in total. The van der Waals surface area contributed by atoms with E-state index in [-0.39, 0.29) is 18.4 Å². The van der Waals surface area contributed by atoms with Gasteiger partial charge in [-0.25, -0.2) is 5.43 Å². The Morgan fingerprint density at radius 1 is 0.967 bits per heavy atom. The van der Waals surface area contributed by atoms with Crippen molar-refractivity contribution >= 4 is 29.1 Å². The van der Waals surface area contributed by atoms with Crippen LogP contribution in [0.15, 0.2) is 29.4 Å². The SMILES string of the molecule is C/C(CC(=O)NC1C2CC3CC(C2)CC1C3)=N\NC(=O)C(=O)Nc1ccccc1C. The number of benzene rings is 1. The number of rotatable bonds is 5. The molecule has 5 rings (SSSR count). The number of carbonyl (C=O) groups is 3. The van der Waals surface area contributed by atoms with E-state index < -0.39 is 11.8 Å². The molecule has 1 aromatic carbocycles. The van der Waals surface area contributed by atoms with Crippen LogP contribution in [0.4, 0.5) is 5.69 Å². The van der Waals surface area contributed by atoms with Gasteiger partial charge in [0.25, 0.3) is 0 Å². The second kappa shape index (κ2) is 8.58. The third kappa shape index (κ3) is 4.55. The summed E-state index contributed by atoms with van der Waals surface area (Å²) in [5, 5.41) is 9.72. The highest BCUT2D eigenvalue weighted by Crippen LogP contribution is 2.53. The van der Waals surface area contributed by atoms with E-state index in [9.17, 15) is 14.4 Å². The lowest BCUT2D eigenvalue weighted by atomic mass is 9.54. The monoisotopic (exact) mass is 410 g/mol. The molecular weight excluding hydrogens is 380 g/mol. The largest absolute Gasteiger partial charge is 0.352 e. The fraction of sp³-hybridized carbons (Fsp3) is 0.565. The maximum atomic E-state index is 12.5. The van der Waals surface area contributed by atoms with Gasteiger partial charge in [0.15, 0.2) is 0 Å². The Hall–Kier alpha value is -2.70. The zero-order valence-electron chi connectivity index (χ0n) is 17.6. The summed E-state index contributed by atoms with van der Waals surface area (Å²) in [6.07, 6.45) is 6.49. The van der Waals surface area contributed by atoms with Crippen molar-refractivity contribution in [1.82, 2.24) is 10.7 Å². The number of anilines is 1. The second-order valence-corrected chi connectivity index (χ2v) is 9.26. The van der Waals surface area contributed by atoms with Gasteiger partial charge in [0, 0.05) is 17.4 Å². The van der Waals surface area contributed by atoms with Gasteiger partial charge in [0.2, 0.25) is 5.91 Å². The molecule has 7 nitrogen and oxygen atoms in total. The average Bonchev–Trinajstić information content (AvgIpc) is 2.70. The van der Waals surface area contributed by atoms with Gasteiger partial charge < -0.3 is 10.6 Å². The van der Waals surface area contributed by atoms with E-state index in [1.165, 1.54) is 32.1 Å². The van der Waals surface area contributed by atoms with Gasteiger partial charge in [-0.2, -0.15) is 5.10 Å². The van der Waals surface area contributed by atoms with Gasteiger partial charge in [-0.05, 0) is 81.3 Å². The van der Waals surface area contributed by atoms with Gasteiger partial charge in [0.1, 0.15) is 0 Å². The zero-order valence-corrected chi connectivity index (χ0v) is 17.6. The number of carbonyl (C=O) groups excluding carboxylic acids is 3. The quantitative estimate of drug-likeness (QED) is 0.395. The lowest BCUT2D eigenvalue weighted by molar-refractivity contribution is -0.136. The van der Waals surface area contributed by atoms with E-state index in [0.717, 1.165) is 17.4 Å². The molecule has 1 aromatic rings. The summed E-state index contributed by atoms with van der Waals surface area (Å²) in [5.74, 6) is 1.25. The molecule has 0 heterocycles. The van der Waals surface area contributed by atoms with Gasteiger partial charge in [-0.15, -0.1) is 0 Å². The first kappa shape index (κ1) is 20.6. The summed E-state index contributed by atoms with van der Waals surface area (Å²) in [6.45, 7) is 3.52. The van der Waals surface area contributed by atoms with Crippen molar-refractivity contribution in [2.45, 2.75) is 58.4 Å². The molecule has 0 aromatic heterocycles. The summed E-state index contributed by atoms with van der Waals surface area (Å²) in [6, 6.07) is 7.49. The second-order valence-electron chi connectivity index (χ2n) is 9.26. The Morgan fingerprint density at radius 2 is 1.60 bits per heavy atom. The van der Waals surface area contributed by atoms with Crippen LogP contribution in [0, 0.1) is 30.6 Å². The smallest absolute Gasteiger partial charge is 0.329 e. The minimum Gasteiger partial charge on any atom is -0.352 e. The Kier molecular flexibility index (Phi) is 5.88. The van der Waals surface area contributed by atoms with E-state index >= 15 is 0 Å². The fourth-order valence-electron chi connectivity index (χ4n) is 5.76. The highest BCUT2D eigenvalue weighted by Gasteiger charge is 2.48. The first-order valence-corrected chi connectivity index (χ1v) is 10.9. The van der Waals surface area contributed by atoms with Gasteiger partial charge >= 0.3 is 11.8 Å². The standard InChI is InChI=1S/C23H30N4O3/c1-13-5-3-4-6-19(13)24-22(29)23(30)27-26-14(2)7-20(28)25-21-17-9-15-8-16(11-17)12-18(21)10-15/h3-6,15-18,21H,7-12H2,1-2H3,(H,24,29)(H,25,28)(H,27,30)/b26-14+. The van der Waals surface area contributed by atoms with Crippen molar-refractivity contribution < 1.29 is 14.4 Å². The van der Waals surface area contributed by atoms with Gasteiger partial charge in [-0.1, -0.05) is 18.2 Å². The molecule has 0 unspecified atom stereocenters. The van der Waals surface area contributed by atoms with Crippen LogP contribution in [0.5, 0.6) is 0 Å². The van der Waals surface area contributed by atoms with E-state index in [1.807, 2.05) is 19.1 Å². The van der Waals surface area contributed by atoms with Crippen molar-refractivity contribution in [3.63, 3.8) is 0 Å². The predicted molar refractivity (Wildman–Crippen MR) is 115 cm³/mol. The number of hydrazone groups is 1. The number of nitrogens with zero attached hydrogens (tertiary/aromatic N) is 1. The van der Waals surface area contributed by atoms with E-state index in [4.69, 9.17) is 0 Å². The van der Waals surface area contributed by atoms with Crippen molar-refractivity contribution in [3.8, 4) is 0 Å². The summed E-state index contributed by atoms with van der Waals surface area (Å²) in [5.41, 5.74) is 4.14. The molecule has 160 valence electrons. The van der Waals surface area contributed by atoms with Crippen LogP contribution in [0.2, 0.25) is 0 Å². The molecule has 0 atom stereocenters. The number of para-hydroxylation sites is 1. The molecule has 4 saturated carbocycles. The Morgan fingerprint density at radius 3 is 2.23 bits per heavy atom. The normalized spacial score (nSPS) is 29.4. The molecule has 0 aliphatic heterocycles. The number of amides is 3. The summed E-state index contributed by atoms with van der Waals surface area (Å²) >= 11 is 0. The van der Waals surface area contributed by atoms with Crippen LogP contribution < -0.4 is 16.1 Å². The third-order valence-corrected chi connectivity index (χ3v) is 6.92. The molecule has 7 heteroatoms. The van der Waals surface area contributed by atoms with Crippen LogP contribution in [-0.2, 0) is 14.4 Å². The van der Waals surface area contributed by atoms with E-state index in [0.29, 0.717) is 23.2 Å². The van der Waals surface area contributed by atoms with Crippen molar-refractivity contribution in [3.05, 3.63) is 29.8 Å². The molecule has 0 radical (unpaired) electrons. The molecule has 4 bridgehead atoms. The van der Waals surface area contributed by atoms with Gasteiger partial charge in [0.05, 0.1) is 6.42 Å². The molecule has 30 heavy (non-hydrogen) atoms. The maximum Gasteiger partial charge on any atom is 0.329 e. The van der Waals surface area contributed by atoms with Gasteiger partial charge in [-0.3, -0.25) is 14.4 Å². The number of hydrogen-bond donors (Lipinski definition) is 3. The van der Waals surface area contributed by atoms with E-state index in [2.05, 4.69) is 21.2 Å². The molecule has 0 saturated heterocycles. The number of hydrogen-bond acceptors (Lipinski definition) is 4. The topological polar surface area (TPSA) is 99.7 Å². The van der Waals surface area contributed by atoms with Crippen molar-refractivity contribution in [1.29, 1.82) is 0 Å². The number of nitrogens with one attached hydrogen (secondary N) is 3. The first-order chi connectivity index (χ1) is 14.4. The van der Waals surface area contributed by atoms with Crippen LogP contribution in [0.3, 0.4) is 0 Å². The van der Waals surface area contributed by atoms with Crippen LogP contribution in [0.1, 0.15) is 51.0 Å². The lowest BCUT2D eigenvalue weighted by Gasteiger charge is -2.54. The Bertz CT molecular complexity index is 851. The van der Waals surface area contributed by atoms with Crippen LogP contribution >= 0.6 is 0 Å². The molecule has 4 aliphatic rings. The summed E-state index contributed by atoms with van der Waals surface area (Å²) in [4.78, 5) is 36.6. The average molecular weight is 411 g/mol. The lowest BCUT2D eigenvalue weighted by Crippen LogP contribution is -2.56. The molecule has 0 spiro atoms. The molecule has 4 aliphatic carbocycles. The van der Waals surface area contributed by atoms with Crippen LogP contribution in [-0.4, -0.2) is 29.5 Å². The molecule has 3 amide bonds. The van der Waals surface area contributed by atoms with E-state index in [1.54, 1.807) is 19.1 Å². The minimum absolute atomic E-state index is 0.0627. The Labute approximate surface area is 177 Å². The summed E-state index contributed by atoms with van der Waals surface area (Å²) < 4.78 is 0. The predicted octanol–water partition coefficient (Wildman–Crippen LogP) is 2.76. The summed E-state index contributed by atoms with van der Waals surface area (Å²) in [7, 11) is 0. The maximum absolute atomic E-state index is 12.5. The molecule has 4 fully saturated rings. The van der Waals surface area contributed by atoms with Crippen molar-refractivity contribution in [2.75, 3.05) is 5.32 Å². The zero-order chi connectivity index (χ0) is 21.3. The minimum atomic E-state index is -0.862. The van der Waals surface area contributed by atoms with Crippen molar-refractivity contribution in [2.24, 2.45) is 28.8 Å². The highest BCUT2D eigenvalue weighted by atomic mass is 16.2. The number of aryl methyl sites for hydroxylation is 1.